The number of carboxylic acids is 1. The molecule has 9 heteroatoms. The van der Waals surface area contributed by atoms with Gasteiger partial charge in [0.25, 0.3) is 10.2 Å². The molecule has 0 saturated carbocycles. The highest BCUT2D eigenvalue weighted by Gasteiger charge is 2.44. The second-order valence-electron chi connectivity index (χ2n) is 5.18. The molecule has 0 bridgehead atoms. The van der Waals surface area contributed by atoms with Gasteiger partial charge in [-0.1, -0.05) is 6.92 Å². The van der Waals surface area contributed by atoms with Gasteiger partial charge in [0.15, 0.2) is 0 Å². The average Bonchev–Trinajstić information content (AvgIpc) is 2.94. The lowest BCUT2D eigenvalue weighted by Gasteiger charge is -2.35. The molecule has 0 spiro atoms. The van der Waals surface area contributed by atoms with Crippen LogP contribution in [0.2, 0.25) is 0 Å². The Balaban J connectivity index is 2.22. The third-order valence-corrected chi connectivity index (χ3v) is 5.84. The number of nitrogens with zero attached hydrogens (tertiary/aromatic N) is 2. The van der Waals surface area contributed by atoms with E-state index in [0.29, 0.717) is 32.7 Å². The van der Waals surface area contributed by atoms with Crippen LogP contribution in [0.25, 0.3) is 0 Å². The zero-order valence-electron chi connectivity index (χ0n) is 12.1. The summed E-state index contributed by atoms with van der Waals surface area (Å²) < 4.78 is 38.6. The van der Waals surface area contributed by atoms with Gasteiger partial charge in [0.1, 0.15) is 0 Å². The highest BCUT2D eigenvalue weighted by molar-refractivity contribution is 7.86. The molecule has 0 radical (unpaired) electrons. The van der Waals surface area contributed by atoms with Gasteiger partial charge in [0.2, 0.25) is 0 Å². The molecule has 0 aromatic carbocycles. The van der Waals surface area contributed by atoms with Crippen molar-refractivity contribution in [2.45, 2.75) is 19.4 Å². The number of morpholine rings is 1. The molecule has 2 unspecified atom stereocenters. The number of aliphatic carboxylic acids is 1. The summed E-state index contributed by atoms with van der Waals surface area (Å²) in [6, 6.07) is -0.643. The van der Waals surface area contributed by atoms with Crippen LogP contribution >= 0.6 is 0 Å². The molecule has 122 valence electrons. The summed E-state index contributed by atoms with van der Waals surface area (Å²) in [5.74, 6) is -1.83. The standard InChI is InChI=1S/C12H22N2O6S/c1-2-3-14(11-9-20-8-10(11)12(15)16)21(17,18)13-4-6-19-7-5-13/h10-11H,2-9H2,1H3,(H,15,16). The smallest absolute Gasteiger partial charge is 0.310 e. The molecule has 2 saturated heterocycles. The Labute approximate surface area is 124 Å². The predicted molar refractivity (Wildman–Crippen MR) is 74.0 cm³/mol. The first-order valence-electron chi connectivity index (χ1n) is 7.13. The Kier molecular flexibility index (Phi) is 5.55. The van der Waals surface area contributed by atoms with Crippen molar-refractivity contribution in [2.24, 2.45) is 5.92 Å². The maximum absolute atomic E-state index is 12.8. The first-order valence-corrected chi connectivity index (χ1v) is 8.53. The SMILES string of the molecule is CCCN(C1COCC1C(=O)O)S(=O)(=O)N1CCOCC1. The number of rotatable bonds is 6. The lowest BCUT2D eigenvalue weighted by atomic mass is 10.0. The van der Waals surface area contributed by atoms with Gasteiger partial charge in [-0.05, 0) is 6.42 Å². The fourth-order valence-corrected chi connectivity index (χ4v) is 4.53. The maximum atomic E-state index is 12.8. The van der Waals surface area contributed by atoms with E-state index in [-0.39, 0.29) is 19.8 Å². The van der Waals surface area contributed by atoms with Gasteiger partial charge < -0.3 is 14.6 Å². The van der Waals surface area contributed by atoms with Crippen LogP contribution in [0.15, 0.2) is 0 Å². The lowest BCUT2D eigenvalue weighted by molar-refractivity contribution is -0.142. The molecule has 2 heterocycles. The van der Waals surface area contributed by atoms with Gasteiger partial charge >= 0.3 is 5.97 Å². The third kappa shape index (κ3) is 3.54. The first kappa shape index (κ1) is 16.6. The van der Waals surface area contributed by atoms with E-state index >= 15 is 0 Å². The van der Waals surface area contributed by atoms with E-state index in [0.717, 1.165) is 0 Å². The Bertz CT molecular complexity index is 462. The Morgan fingerprint density at radius 2 is 1.95 bits per heavy atom. The Hall–Kier alpha value is -0.740. The lowest BCUT2D eigenvalue weighted by Crippen LogP contribution is -2.54. The molecule has 2 aliphatic rings. The van der Waals surface area contributed by atoms with Gasteiger partial charge in [0, 0.05) is 19.6 Å². The summed E-state index contributed by atoms with van der Waals surface area (Å²) in [6.45, 7) is 3.66. The Morgan fingerprint density at radius 3 is 2.52 bits per heavy atom. The molecule has 0 amide bonds. The van der Waals surface area contributed by atoms with Crippen molar-refractivity contribution in [2.75, 3.05) is 46.1 Å². The molecule has 0 aromatic heterocycles. The van der Waals surface area contributed by atoms with E-state index in [9.17, 15) is 18.3 Å². The van der Waals surface area contributed by atoms with Crippen LogP contribution < -0.4 is 0 Å². The molecule has 2 atom stereocenters. The van der Waals surface area contributed by atoms with E-state index in [2.05, 4.69) is 0 Å². The van der Waals surface area contributed by atoms with Crippen molar-refractivity contribution in [3.8, 4) is 0 Å². The highest BCUT2D eigenvalue weighted by atomic mass is 32.2. The largest absolute Gasteiger partial charge is 0.481 e. The molecular weight excluding hydrogens is 300 g/mol. The van der Waals surface area contributed by atoms with Crippen LogP contribution in [-0.2, 0) is 24.5 Å². The van der Waals surface area contributed by atoms with E-state index < -0.39 is 28.1 Å². The van der Waals surface area contributed by atoms with E-state index in [4.69, 9.17) is 9.47 Å². The van der Waals surface area contributed by atoms with Crippen LogP contribution in [0.5, 0.6) is 0 Å². The normalized spacial score (nSPS) is 28.1. The topological polar surface area (TPSA) is 96.4 Å². The molecule has 21 heavy (non-hydrogen) atoms. The average molecular weight is 322 g/mol. The van der Waals surface area contributed by atoms with Crippen molar-refractivity contribution in [1.29, 1.82) is 0 Å². The van der Waals surface area contributed by atoms with E-state index in [1.54, 1.807) is 0 Å². The van der Waals surface area contributed by atoms with Gasteiger partial charge in [0.05, 0.1) is 38.4 Å². The molecule has 0 aromatic rings. The minimum atomic E-state index is -3.69. The van der Waals surface area contributed by atoms with Crippen LogP contribution in [0.4, 0.5) is 0 Å². The van der Waals surface area contributed by atoms with E-state index in [1.807, 2.05) is 6.92 Å². The number of hydrogen-bond donors (Lipinski definition) is 1. The van der Waals surface area contributed by atoms with Crippen molar-refractivity contribution in [1.82, 2.24) is 8.61 Å². The number of hydrogen-bond acceptors (Lipinski definition) is 5. The Morgan fingerprint density at radius 1 is 1.29 bits per heavy atom. The second-order valence-corrected chi connectivity index (χ2v) is 7.06. The van der Waals surface area contributed by atoms with Crippen LogP contribution in [0.3, 0.4) is 0 Å². The number of carboxylic acid groups (broad SMARTS) is 1. The van der Waals surface area contributed by atoms with Gasteiger partial charge in [-0.3, -0.25) is 4.79 Å². The maximum Gasteiger partial charge on any atom is 0.310 e. The number of ether oxygens (including phenoxy) is 2. The molecular formula is C12H22N2O6S. The highest BCUT2D eigenvalue weighted by Crippen LogP contribution is 2.25. The summed E-state index contributed by atoms with van der Waals surface area (Å²) >= 11 is 0. The van der Waals surface area contributed by atoms with Gasteiger partial charge in [-0.15, -0.1) is 0 Å². The van der Waals surface area contributed by atoms with E-state index in [1.165, 1.54) is 8.61 Å². The predicted octanol–water partition coefficient (Wildman–Crippen LogP) is -0.625. The summed E-state index contributed by atoms with van der Waals surface area (Å²) in [5, 5.41) is 9.24. The third-order valence-electron chi connectivity index (χ3n) is 3.77. The minimum Gasteiger partial charge on any atom is -0.481 e. The first-order chi connectivity index (χ1) is 9.98. The van der Waals surface area contributed by atoms with Crippen LogP contribution in [-0.4, -0.2) is 80.2 Å². The van der Waals surface area contributed by atoms with Crippen molar-refractivity contribution < 1.29 is 27.8 Å². The fourth-order valence-electron chi connectivity index (χ4n) is 2.66. The summed E-state index contributed by atoms with van der Waals surface area (Å²) in [4.78, 5) is 11.3. The quantitative estimate of drug-likeness (QED) is 0.700. The van der Waals surface area contributed by atoms with Crippen molar-refractivity contribution >= 4 is 16.2 Å². The molecule has 8 nitrogen and oxygen atoms in total. The van der Waals surface area contributed by atoms with Crippen LogP contribution in [0, 0.1) is 5.92 Å². The molecule has 2 rings (SSSR count). The molecule has 2 aliphatic heterocycles. The summed E-state index contributed by atoms with van der Waals surface area (Å²) in [7, 11) is -3.69. The zero-order valence-corrected chi connectivity index (χ0v) is 12.9. The second kappa shape index (κ2) is 7.01. The minimum absolute atomic E-state index is 0.0544. The van der Waals surface area contributed by atoms with Gasteiger partial charge in [-0.2, -0.15) is 17.0 Å². The fraction of sp³-hybridized carbons (Fsp3) is 0.917. The summed E-state index contributed by atoms with van der Waals surface area (Å²) in [6.07, 6.45) is 0.617. The zero-order chi connectivity index (χ0) is 15.5. The van der Waals surface area contributed by atoms with Crippen molar-refractivity contribution in [3.63, 3.8) is 0 Å². The monoisotopic (exact) mass is 322 g/mol. The van der Waals surface area contributed by atoms with Crippen molar-refractivity contribution in [3.05, 3.63) is 0 Å². The van der Waals surface area contributed by atoms with Gasteiger partial charge in [-0.25, -0.2) is 0 Å². The molecule has 0 aliphatic carbocycles. The molecule has 2 fully saturated rings. The number of carbonyl (C=O) groups is 1. The van der Waals surface area contributed by atoms with Crippen LogP contribution in [0.1, 0.15) is 13.3 Å². The molecule has 1 N–H and O–H groups in total. The summed E-state index contributed by atoms with van der Waals surface area (Å²) in [5.41, 5.74) is 0.